The van der Waals surface area contributed by atoms with E-state index in [0.29, 0.717) is 22.0 Å². The molecule has 0 heterocycles. The fraction of sp³-hybridized carbons (Fsp3) is 0.133. The first-order chi connectivity index (χ1) is 8.56. The molecule has 0 fully saturated rings. The monoisotopic (exact) mass is 278 g/mol. The van der Waals surface area contributed by atoms with E-state index in [1.807, 2.05) is 25.1 Å². The molecule has 2 aromatic rings. The lowest BCUT2D eigenvalue weighted by Crippen LogP contribution is -2.03. The predicted octanol–water partition coefficient (Wildman–Crippen LogP) is 4.73. The van der Waals surface area contributed by atoms with Crippen LogP contribution in [0.15, 0.2) is 42.5 Å². The van der Waals surface area contributed by atoms with Crippen molar-refractivity contribution >= 4 is 29.0 Å². The van der Waals surface area contributed by atoms with Crippen LogP contribution in [0.2, 0.25) is 10.0 Å². The number of halogens is 2. The SMILES string of the molecule is Cc1ccc(C(=O)Cc2ccc(Cl)cc2)cc1Cl. The fourth-order valence-electron chi connectivity index (χ4n) is 1.66. The van der Waals surface area contributed by atoms with Gasteiger partial charge in [-0.2, -0.15) is 0 Å². The molecule has 0 aliphatic carbocycles. The summed E-state index contributed by atoms with van der Waals surface area (Å²) < 4.78 is 0. The largest absolute Gasteiger partial charge is 0.294 e. The van der Waals surface area contributed by atoms with Crippen LogP contribution in [0, 0.1) is 6.92 Å². The summed E-state index contributed by atoms with van der Waals surface area (Å²) in [5.41, 5.74) is 2.56. The lowest BCUT2D eigenvalue weighted by Gasteiger charge is -2.04. The first-order valence-corrected chi connectivity index (χ1v) is 6.35. The van der Waals surface area contributed by atoms with Gasteiger partial charge in [-0.05, 0) is 36.2 Å². The Hall–Kier alpha value is -1.31. The Balaban J connectivity index is 2.16. The maximum atomic E-state index is 12.1. The van der Waals surface area contributed by atoms with Crippen molar-refractivity contribution in [2.75, 3.05) is 0 Å². The van der Waals surface area contributed by atoms with Crippen LogP contribution in [0.3, 0.4) is 0 Å². The highest BCUT2D eigenvalue weighted by Gasteiger charge is 2.08. The Kier molecular flexibility index (Phi) is 4.05. The number of hydrogen-bond donors (Lipinski definition) is 0. The zero-order chi connectivity index (χ0) is 13.1. The van der Waals surface area contributed by atoms with E-state index < -0.39 is 0 Å². The van der Waals surface area contributed by atoms with Crippen LogP contribution in [-0.4, -0.2) is 5.78 Å². The van der Waals surface area contributed by atoms with Crippen molar-refractivity contribution < 1.29 is 4.79 Å². The number of carbonyl (C=O) groups excluding carboxylic acids is 1. The highest BCUT2D eigenvalue weighted by Crippen LogP contribution is 2.18. The topological polar surface area (TPSA) is 17.1 Å². The van der Waals surface area contributed by atoms with Crippen LogP contribution in [0.1, 0.15) is 21.5 Å². The summed E-state index contributed by atoms with van der Waals surface area (Å²) in [6.45, 7) is 1.91. The standard InChI is InChI=1S/C15H12Cl2O/c1-10-2-5-12(9-14(10)17)15(18)8-11-3-6-13(16)7-4-11/h2-7,9H,8H2,1H3. The molecule has 0 saturated carbocycles. The summed E-state index contributed by atoms with van der Waals surface area (Å²) in [5, 5.41) is 1.29. The second-order valence-corrected chi connectivity index (χ2v) is 5.03. The molecule has 2 rings (SSSR count). The highest BCUT2D eigenvalue weighted by atomic mass is 35.5. The second-order valence-electron chi connectivity index (χ2n) is 4.19. The van der Waals surface area contributed by atoms with Crippen LogP contribution < -0.4 is 0 Å². The minimum absolute atomic E-state index is 0.0548. The molecule has 92 valence electrons. The van der Waals surface area contributed by atoms with Gasteiger partial charge in [-0.25, -0.2) is 0 Å². The molecule has 0 aliphatic heterocycles. The number of rotatable bonds is 3. The normalized spacial score (nSPS) is 10.4. The zero-order valence-electron chi connectivity index (χ0n) is 9.91. The summed E-state index contributed by atoms with van der Waals surface area (Å²) in [6, 6.07) is 12.7. The Labute approximate surface area is 116 Å². The van der Waals surface area contributed by atoms with Crippen molar-refractivity contribution in [1.82, 2.24) is 0 Å². The smallest absolute Gasteiger partial charge is 0.167 e. The number of ketones is 1. The van der Waals surface area contributed by atoms with Crippen LogP contribution in [0.5, 0.6) is 0 Å². The third kappa shape index (κ3) is 3.12. The second kappa shape index (κ2) is 5.55. The van der Waals surface area contributed by atoms with Gasteiger partial charge in [-0.15, -0.1) is 0 Å². The summed E-state index contributed by atoms with van der Waals surface area (Å²) in [5.74, 6) is 0.0548. The minimum Gasteiger partial charge on any atom is -0.294 e. The molecule has 0 aliphatic rings. The molecule has 0 N–H and O–H groups in total. The van der Waals surface area contributed by atoms with Gasteiger partial charge in [-0.3, -0.25) is 4.79 Å². The van der Waals surface area contributed by atoms with E-state index in [0.717, 1.165) is 11.1 Å². The van der Waals surface area contributed by atoms with E-state index in [1.165, 1.54) is 0 Å². The summed E-state index contributed by atoms with van der Waals surface area (Å²) in [4.78, 5) is 12.1. The van der Waals surface area contributed by atoms with Crippen molar-refractivity contribution in [2.45, 2.75) is 13.3 Å². The molecule has 0 atom stereocenters. The van der Waals surface area contributed by atoms with Crippen molar-refractivity contribution in [1.29, 1.82) is 0 Å². The Bertz CT molecular complexity index is 574. The Morgan fingerprint density at radius 2 is 1.72 bits per heavy atom. The van der Waals surface area contributed by atoms with Crippen molar-refractivity contribution in [3.63, 3.8) is 0 Å². The van der Waals surface area contributed by atoms with Gasteiger partial charge >= 0.3 is 0 Å². The molecule has 3 heteroatoms. The Morgan fingerprint density at radius 3 is 2.33 bits per heavy atom. The fourth-order valence-corrected chi connectivity index (χ4v) is 1.96. The summed E-state index contributed by atoms with van der Waals surface area (Å²) in [7, 11) is 0. The quantitative estimate of drug-likeness (QED) is 0.742. The van der Waals surface area contributed by atoms with Crippen LogP contribution in [0.4, 0.5) is 0 Å². The molecular weight excluding hydrogens is 267 g/mol. The molecule has 0 radical (unpaired) electrons. The summed E-state index contributed by atoms with van der Waals surface area (Å²) in [6.07, 6.45) is 0.358. The van der Waals surface area contributed by atoms with E-state index in [-0.39, 0.29) is 5.78 Å². The predicted molar refractivity (Wildman–Crippen MR) is 75.7 cm³/mol. The molecule has 0 spiro atoms. The first kappa shape index (κ1) is 13.1. The molecule has 18 heavy (non-hydrogen) atoms. The maximum Gasteiger partial charge on any atom is 0.167 e. The molecular formula is C15H12Cl2O. The maximum absolute atomic E-state index is 12.1. The van der Waals surface area contributed by atoms with Crippen LogP contribution in [-0.2, 0) is 6.42 Å². The highest BCUT2D eigenvalue weighted by molar-refractivity contribution is 6.31. The molecule has 1 nitrogen and oxygen atoms in total. The van der Waals surface area contributed by atoms with E-state index >= 15 is 0 Å². The van der Waals surface area contributed by atoms with E-state index in [9.17, 15) is 4.79 Å². The van der Waals surface area contributed by atoms with Gasteiger partial charge in [0.1, 0.15) is 0 Å². The molecule has 0 bridgehead atoms. The zero-order valence-corrected chi connectivity index (χ0v) is 11.4. The number of hydrogen-bond acceptors (Lipinski definition) is 1. The Morgan fingerprint density at radius 1 is 1.06 bits per heavy atom. The average molecular weight is 279 g/mol. The van der Waals surface area contributed by atoms with E-state index in [2.05, 4.69) is 0 Å². The first-order valence-electron chi connectivity index (χ1n) is 5.60. The number of carbonyl (C=O) groups is 1. The molecule has 0 saturated heterocycles. The van der Waals surface area contributed by atoms with Gasteiger partial charge in [0.05, 0.1) is 0 Å². The van der Waals surface area contributed by atoms with Crippen LogP contribution >= 0.6 is 23.2 Å². The average Bonchev–Trinajstić information content (AvgIpc) is 2.35. The van der Waals surface area contributed by atoms with Gasteiger partial charge in [0.2, 0.25) is 0 Å². The third-order valence-corrected chi connectivity index (χ3v) is 3.43. The molecule has 0 aromatic heterocycles. The van der Waals surface area contributed by atoms with Gasteiger partial charge < -0.3 is 0 Å². The van der Waals surface area contributed by atoms with Gasteiger partial charge in [0.25, 0.3) is 0 Å². The number of Topliss-reactive ketones (excluding diaryl/α,β-unsaturated/α-hetero) is 1. The molecule has 0 amide bonds. The lowest BCUT2D eigenvalue weighted by atomic mass is 10.0. The van der Waals surface area contributed by atoms with Crippen molar-refractivity contribution in [3.8, 4) is 0 Å². The van der Waals surface area contributed by atoms with Crippen LogP contribution in [0.25, 0.3) is 0 Å². The lowest BCUT2D eigenvalue weighted by molar-refractivity contribution is 0.0993. The number of benzene rings is 2. The van der Waals surface area contributed by atoms with Gasteiger partial charge in [0, 0.05) is 22.0 Å². The van der Waals surface area contributed by atoms with Gasteiger partial charge in [0.15, 0.2) is 5.78 Å². The molecule has 2 aromatic carbocycles. The van der Waals surface area contributed by atoms with E-state index in [4.69, 9.17) is 23.2 Å². The van der Waals surface area contributed by atoms with Crippen molar-refractivity contribution in [2.24, 2.45) is 0 Å². The van der Waals surface area contributed by atoms with E-state index in [1.54, 1.807) is 24.3 Å². The minimum atomic E-state index is 0.0548. The number of aryl methyl sites for hydroxylation is 1. The van der Waals surface area contributed by atoms with Gasteiger partial charge in [-0.1, -0.05) is 47.5 Å². The molecule has 0 unspecified atom stereocenters. The summed E-state index contributed by atoms with van der Waals surface area (Å²) >= 11 is 11.8. The van der Waals surface area contributed by atoms with Crippen molar-refractivity contribution in [3.05, 3.63) is 69.2 Å². The third-order valence-electron chi connectivity index (χ3n) is 2.77.